The minimum Gasteiger partial charge on any atom is -0.467 e. The van der Waals surface area contributed by atoms with E-state index in [9.17, 15) is 14.4 Å². The van der Waals surface area contributed by atoms with Crippen molar-refractivity contribution in [1.29, 1.82) is 0 Å². The van der Waals surface area contributed by atoms with Crippen LogP contribution in [0.1, 0.15) is 31.8 Å². The van der Waals surface area contributed by atoms with Gasteiger partial charge in [-0.2, -0.15) is 0 Å². The van der Waals surface area contributed by atoms with Gasteiger partial charge in [0, 0.05) is 23.5 Å². The number of rotatable bonds is 4. The molecule has 1 aliphatic rings. The number of aromatic amines is 1. The van der Waals surface area contributed by atoms with Gasteiger partial charge in [-0.3, -0.25) is 14.5 Å². The number of esters is 1. The highest BCUT2D eigenvalue weighted by Crippen LogP contribution is 2.28. The highest BCUT2D eigenvalue weighted by atomic mass is 16.5. The Labute approximate surface area is 155 Å². The molecule has 3 aromatic rings. The summed E-state index contributed by atoms with van der Waals surface area (Å²) in [5, 5.41) is 0.959. The minimum atomic E-state index is -1.03. The summed E-state index contributed by atoms with van der Waals surface area (Å²) in [6.45, 7) is 1.98. The van der Waals surface area contributed by atoms with Crippen LogP contribution in [0.3, 0.4) is 0 Å². The molecule has 2 aromatic carbocycles. The monoisotopic (exact) mass is 362 g/mol. The summed E-state index contributed by atoms with van der Waals surface area (Å²) in [7, 11) is 1.26. The molecule has 0 unspecified atom stereocenters. The fourth-order valence-corrected chi connectivity index (χ4v) is 3.58. The second-order valence-corrected chi connectivity index (χ2v) is 6.63. The molecule has 1 N–H and O–H groups in total. The molecule has 0 fully saturated rings. The van der Waals surface area contributed by atoms with Gasteiger partial charge in [0.05, 0.1) is 18.2 Å². The van der Waals surface area contributed by atoms with E-state index in [0.717, 1.165) is 26.9 Å². The third-order valence-corrected chi connectivity index (χ3v) is 4.95. The summed E-state index contributed by atoms with van der Waals surface area (Å²) in [5.41, 5.74) is 3.48. The van der Waals surface area contributed by atoms with E-state index in [-0.39, 0.29) is 6.42 Å². The van der Waals surface area contributed by atoms with E-state index in [0.29, 0.717) is 11.1 Å². The Morgan fingerprint density at radius 2 is 1.78 bits per heavy atom. The molecule has 4 rings (SSSR count). The molecule has 6 nitrogen and oxygen atoms in total. The Balaban J connectivity index is 1.75. The smallest absolute Gasteiger partial charge is 0.329 e. The van der Waals surface area contributed by atoms with Crippen LogP contribution in [0, 0.1) is 6.92 Å². The van der Waals surface area contributed by atoms with Gasteiger partial charge in [-0.15, -0.1) is 0 Å². The zero-order chi connectivity index (χ0) is 19.1. The normalized spacial score (nSPS) is 14.5. The first kappa shape index (κ1) is 17.0. The van der Waals surface area contributed by atoms with Crippen LogP contribution in [-0.2, 0) is 16.0 Å². The van der Waals surface area contributed by atoms with Crippen molar-refractivity contribution in [2.24, 2.45) is 0 Å². The summed E-state index contributed by atoms with van der Waals surface area (Å²) >= 11 is 0. The van der Waals surface area contributed by atoms with Crippen molar-refractivity contribution in [1.82, 2.24) is 9.88 Å². The highest BCUT2D eigenvalue weighted by Gasteiger charge is 2.43. The Morgan fingerprint density at radius 1 is 1.11 bits per heavy atom. The lowest BCUT2D eigenvalue weighted by Crippen LogP contribution is -2.46. The molecule has 0 spiro atoms. The number of carbonyl (C=O) groups excluding carboxylic acids is 3. The second-order valence-electron chi connectivity index (χ2n) is 6.63. The van der Waals surface area contributed by atoms with Crippen LogP contribution in [0.5, 0.6) is 0 Å². The average Bonchev–Trinajstić information content (AvgIpc) is 3.18. The van der Waals surface area contributed by atoms with Gasteiger partial charge in [0.1, 0.15) is 6.04 Å². The molecule has 6 heteroatoms. The molecule has 0 saturated heterocycles. The average molecular weight is 362 g/mol. The summed E-state index contributed by atoms with van der Waals surface area (Å²) in [4.78, 5) is 42.3. The number of nitrogens with one attached hydrogen (secondary N) is 1. The van der Waals surface area contributed by atoms with E-state index in [1.54, 1.807) is 30.5 Å². The molecule has 2 heterocycles. The molecule has 2 amide bonds. The molecule has 0 radical (unpaired) electrons. The highest BCUT2D eigenvalue weighted by molar-refractivity contribution is 6.22. The third-order valence-electron chi connectivity index (χ3n) is 4.95. The maximum absolute atomic E-state index is 12.8. The second kappa shape index (κ2) is 6.39. The van der Waals surface area contributed by atoms with Gasteiger partial charge in [-0.25, -0.2) is 4.79 Å². The van der Waals surface area contributed by atoms with E-state index < -0.39 is 23.8 Å². The van der Waals surface area contributed by atoms with E-state index in [2.05, 4.69) is 4.98 Å². The van der Waals surface area contributed by atoms with Crippen LogP contribution in [0.15, 0.2) is 48.7 Å². The van der Waals surface area contributed by atoms with Gasteiger partial charge in [-0.05, 0) is 36.8 Å². The zero-order valence-electron chi connectivity index (χ0n) is 15.0. The summed E-state index contributed by atoms with van der Waals surface area (Å²) in [5.74, 6) is -1.56. The van der Waals surface area contributed by atoms with Gasteiger partial charge in [0.2, 0.25) is 0 Å². The lowest BCUT2D eigenvalue weighted by molar-refractivity contribution is -0.145. The van der Waals surface area contributed by atoms with Gasteiger partial charge < -0.3 is 9.72 Å². The van der Waals surface area contributed by atoms with Crippen LogP contribution in [0.2, 0.25) is 0 Å². The predicted molar refractivity (Wildman–Crippen MR) is 99.5 cm³/mol. The fourth-order valence-electron chi connectivity index (χ4n) is 3.58. The predicted octanol–water partition coefficient (Wildman–Crippen LogP) is 2.86. The Bertz CT molecular complexity index is 1050. The first-order chi connectivity index (χ1) is 13.0. The lowest BCUT2D eigenvalue weighted by Gasteiger charge is -2.23. The molecule has 27 heavy (non-hydrogen) atoms. The van der Waals surface area contributed by atoms with E-state index >= 15 is 0 Å². The number of H-pyrrole nitrogens is 1. The van der Waals surface area contributed by atoms with Crippen molar-refractivity contribution in [3.63, 3.8) is 0 Å². The maximum atomic E-state index is 12.8. The number of nitrogens with zero attached hydrogens (tertiary/aromatic N) is 1. The first-order valence-corrected chi connectivity index (χ1v) is 8.62. The zero-order valence-corrected chi connectivity index (χ0v) is 15.0. The Kier molecular flexibility index (Phi) is 4.03. The summed E-state index contributed by atoms with van der Waals surface area (Å²) in [6, 6.07) is 11.5. The summed E-state index contributed by atoms with van der Waals surface area (Å²) < 4.78 is 4.91. The van der Waals surface area contributed by atoms with Gasteiger partial charge in [0.15, 0.2) is 0 Å². The SMILES string of the molecule is COC(=O)[C@H](Cc1c[nH]c2ccc(C)cc12)N1C(=O)c2ccccc2C1=O. The van der Waals surface area contributed by atoms with E-state index in [1.807, 2.05) is 25.1 Å². The third kappa shape index (κ3) is 2.70. The standard InChI is InChI=1S/C21H18N2O4/c1-12-7-8-17-16(9-12)13(11-22-17)10-18(21(26)27-2)23-19(24)14-5-3-4-6-15(14)20(23)25/h3-9,11,18,22H,10H2,1-2H3/t18-/m0/s1. The molecule has 0 bridgehead atoms. The number of amides is 2. The summed E-state index contributed by atoms with van der Waals surface area (Å²) in [6.07, 6.45) is 1.99. The molecule has 1 aromatic heterocycles. The molecular formula is C21H18N2O4. The van der Waals surface area contributed by atoms with Crippen molar-refractivity contribution in [3.05, 3.63) is 70.9 Å². The molecule has 0 saturated carbocycles. The fraction of sp³-hybridized carbons (Fsp3) is 0.190. The number of carbonyl (C=O) groups is 3. The number of imide groups is 1. The van der Waals surface area contributed by atoms with Gasteiger partial charge in [-0.1, -0.05) is 23.8 Å². The van der Waals surface area contributed by atoms with Crippen molar-refractivity contribution in [2.45, 2.75) is 19.4 Å². The van der Waals surface area contributed by atoms with Crippen molar-refractivity contribution in [3.8, 4) is 0 Å². The number of aromatic nitrogens is 1. The van der Waals surface area contributed by atoms with Crippen molar-refractivity contribution >= 4 is 28.7 Å². The van der Waals surface area contributed by atoms with Crippen LogP contribution >= 0.6 is 0 Å². The number of fused-ring (bicyclic) bond motifs is 2. The maximum Gasteiger partial charge on any atom is 0.329 e. The lowest BCUT2D eigenvalue weighted by atomic mass is 10.0. The molecule has 0 aliphatic carbocycles. The van der Waals surface area contributed by atoms with Crippen LogP contribution in [0.25, 0.3) is 10.9 Å². The molecule has 1 atom stereocenters. The number of hydrogen-bond donors (Lipinski definition) is 1. The molecular weight excluding hydrogens is 344 g/mol. The molecule has 1 aliphatic heterocycles. The van der Waals surface area contributed by atoms with Crippen molar-refractivity contribution < 1.29 is 19.1 Å². The largest absolute Gasteiger partial charge is 0.467 e. The van der Waals surface area contributed by atoms with Crippen LogP contribution in [0.4, 0.5) is 0 Å². The Hall–Kier alpha value is -3.41. The van der Waals surface area contributed by atoms with Gasteiger partial charge >= 0.3 is 5.97 Å². The number of aryl methyl sites for hydroxylation is 1. The number of benzene rings is 2. The van der Waals surface area contributed by atoms with Crippen LogP contribution < -0.4 is 0 Å². The number of methoxy groups -OCH3 is 1. The van der Waals surface area contributed by atoms with Crippen LogP contribution in [-0.4, -0.2) is 40.8 Å². The van der Waals surface area contributed by atoms with E-state index in [4.69, 9.17) is 4.74 Å². The number of hydrogen-bond acceptors (Lipinski definition) is 4. The van der Waals surface area contributed by atoms with Crippen molar-refractivity contribution in [2.75, 3.05) is 7.11 Å². The van der Waals surface area contributed by atoms with E-state index in [1.165, 1.54) is 7.11 Å². The first-order valence-electron chi connectivity index (χ1n) is 8.62. The molecule has 136 valence electrons. The quantitative estimate of drug-likeness (QED) is 0.572. The Morgan fingerprint density at radius 3 is 2.41 bits per heavy atom. The topological polar surface area (TPSA) is 79.5 Å². The minimum absolute atomic E-state index is 0.182. The van der Waals surface area contributed by atoms with Gasteiger partial charge in [0.25, 0.3) is 11.8 Å². The number of ether oxygens (including phenoxy) is 1.